The summed E-state index contributed by atoms with van der Waals surface area (Å²) in [5, 5.41) is 0. The lowest BCUT2D eigenvalue weighted by atomic mass is 10.0. The van der Waals surface area contributed by atoms with Crippen LogP contribution >= 0.6 is 0 Å². The molecule has 2 aromatic rings. The van der Waals surface area contributed by atoms with E-state index in [0.29, 0.717) is 11.3 Å². The highest BCUT2D eigenvalue weighted by molar-refractivity contribution is 5.34. The monoisotopic (exact) mass is 284 g/mol. The summed E-state index contributed by atoms with van der Waals surface area (Å²) in [6.07, 6.45) is -1.89. The van der Waals surface area contributed by atoms with Crippen molar-refractivity contribution in [3.05, 3.63) is 54.1 Å². The summed E-state index contributed by atoms with van der Waals surface area (Å²) in [6.45, 7) is 0. The molecule has 0 aliphatic carbocycles. The normalized spacial score (nSPS) is 13.0. The lowest BCUT2D eigenvalue weighted by Crippen LogP contribution is -2.29. The molecule has 0 aliphatic heterocycles. The number of alkyl halides is 3. The van der Waals surface area contributed by atoms with E-state index >= 15 is 0 Å². The third-order valence-corrected chi connectivity index (χ3v) is 2.49. The molecule has 2 rings (SSSR count). The van der Waals surface area contributed by atoms with Crippen molar-refractivity contribution in [2.45, 2.75) is 12.4 Å². The van der Waals surface area contributed by atoms with Crippen LogP contribution in [0.4, 0.5) is 13.2 Å². The number of nitrogens with one attached hydrogen (secondary N) is 1. The number of nitrogens with two attached hydrogens (primary N) is 1. The van der Waals surface area contributed by atoms with Gasteiger partial charge in [-0.3, -0.25) is 5.84 Å². The summed E-state index contributed by atoms with van der Waals surface area (Å²) in [5.41, 5.74) is 3.53. The summed E-state index contributed by atoms with van der Waals surface area (Å²) in [7, 11) is 0. The van der Waals surface area contributed by atoms with Gasteiger partial charge < -0.3 is 4.74 Å². The molecular weight excluding hydrogens is 273 g/mol. The molecule has 1 atom stereocenters. The van der Waals surface area contributed by atoms with Gasteiger partial charge in [-0.15, -0.1) is 13.2 Å². The van der Waals surface area contributed by atoms with Gasteiger partial charge in [-0.05, 0) is 23.8 Å². The molecule has 0 aliphatic rings. The summed E-state index contributed by atoms with van der Waals surface area (Å²) >= 11 is 0. The van der Waals surface area contributed by atoms with Gasteiger partial charge in [0.15, 0.2) is 0 Å². The van der Waals surface area contributed by atoms with Crippen LogP contribution in [0.2, 0.25) is 0 Å². The standard InChI is InChI=1S/C12H11F3N4O/c13-12(14,15)20-9-3-1-2-8(6-9)11(19-16)10-4-5-17-7-18-10/h1-7,11,19H,16H2. The second kappa shape index (κ2) is 5.85. The van der Waals surface area contributed by atoms with Crippen molar-refractivity contribution in [2.24, 2.45) is 5.84 Å². The summed E-state index contributed by atoms with van der Waals surface area (Å²) in [5.74, 6) is 5.13. The van der Waals surface area contributed by atoms with E-state index in [4.69, 9.17) is 5.84 Å². The minimum Gasteiger partial charge on any atom is -0.406 e. The van der Waals surface area contributed by atoms with Crippen molar-refractivity contribution in [1.82, 2.24) is 15.4 Å². The second-order valence-corrected chi connectivity index (χ2v) is 3.85. The van der Waals surface area contributed by atoms with Gasteiger partial charge in [0.05, 0.1) is 11.7 Å². The van der Waals surface area contributed by atoms with Gasteiger partial charge in [0.1, 0.15) is 12.1 Å². The van der Waals surface area contributed by atoms with E-state index < -0.39 is 12.4 Å². The van der Waals surface area contributed by atoms with Crippen molar-refractivity contribution in [3.63, 3.8) is 0 Å². The first-order chi connectivity index (χ1) is 9.49. The van der Waals surface area contributed by atoms with E-state index in [9.17, 15) is 13.2 Å². The highest BCUT2D eigenvalue weighted by Gasteiger charge is 2.31. The van der Waals surface area contributed by atoms with Crippen LogP contribution in [0, 0.1) is 0 Å². The van der Waals surface area contributed by atoms with Crippen LogP contribution in [0.25, 0.3) is 0 Å². The van der Waals surface area contributed by atoms with Gasteiger partial charge in [-0.25, -0.2) is 15.4 Å². The minimum absolute atomic E-state index is 0.315. The topological polar surface area (TPSA) is 73.1 Å². The van der Waals surface area contributed by atoms with Crippen LogP contribution in [0.1, 0.15) is 17.3 Å². The van der Waals surface area contributed by atoms with Crippen LogP contribution in [-0.2, 0) is 0 Å². The van der Waals surface area contributed by atoms with Crippen molar-refractivity contribution in [2.75, 3.05) is 0 Å². The predicted molar refractivity (Wildman–Crippen MR) is 64.3 cm³/mol. The highest BCUT2D eigenvalue weighted by atomic mass is 19.4. The Balaban J connectivity index is 2.29. The zero-order valence-electron chi connectivity index (χ0n) is 10.1. The first-order valence-electron chi connectivity index (χ1n) is 5.57. The highest BCUT2D eigenvalue weighted by Crippen LogP contribution is 2.27. The third-order valence-electron chi connectivity index (χ3n) is 2.49. The lowest BCUT2D eigenvalue weighted by Gasteiger charge is -2.17. The number of rotatable bonds is 4. The smallest absolute Gasteiger partial charge is 0.406 e. The molecule has 0 saturated heterocycles. The lowest BCUT2D eigenvalue weighted by molar-refractivity contribution is -0.274. The molecule has 5 nitrogen and oxygen atoms in total. The molecular formula is C12H11F3N4O. The van der Waals surface area contributed by atoms with Crippen molar-refractivity contribution < 1.29 is 17.9 Å². The molecule has 1 heterocycles. The molecule has 8 heteroatoms. The van der Waals surface area contributed by atoms with Gasteiger partial charge in [0, 0.05) is 6.20 Å². The molecule has 0 fully saturated rings. The quantitative estimate of drug-likeness (QED) is 0.663. The Labute approximate surface area is 112 Å². The van der Waals surface area contributed by atoms with Crippen molar-refractivity contribution >= 4 is 0 Å². The number of hydrogen-bond donors (Lipinski definition) is 2. The number of ether oxygens (including phenoxy) is 1. The van der Waals surface area contributed by atoms with Crippen LogP contribution in [-0.4, -0.2) is 16.3 Å². The molecule has 1 unspecified atom stereocenters. The molecule has 1 aromatic carbocycles. The summed E-state index contributed by atoms with van der Waals surface area (Å²) < 4.78 is 40.5. The molecule has 3 N–H and O–H groups in total. The average Bonchev–Trinajstić information content (AvgIpc) is 2.39. The van der Waals surface area contributed by atoms with Crippen LogP contribution in [0.15, 0.2) is 42.9 Å². The summed E-state index contributed by atoms with van der Waals surface area (Å²) in [6, 6.07) is 6.58. The first-order valence-corrected chi connectivity index (χ1v) is 5.57. The van der Waals surface area contributed by atoms with Gasteiger partial charge in [-0.1, -0.05) is 12.1 Å². The van der Waals surface area contributed by atoms with E-state index in [2.05, 4.69) is 20.1 Å². The molecule has 1 aromatic heterocycles. The van der Waals surface area contributed by atoms with Crippen LogP contribution in [0.5, 0.6) is 5.75 Å². The van der Waals surface area contributed by atoms with Crippen LogP contribution in [0.3, 0.4) is 0 Å². The summed E-state index contributed by atoms with van der Waals surface area (Å²) in [4.78, 5) is 7.78. The van der Waals surface area contributed by atoms with E-state index in [1.807, 2.05) is 0 Å². The van der Waals surface area contributed by atoms with E-state index in [1.54, 1.807) is 12.1 Å². The zero-order chi connectivity index (χ0) is 14.6. The molecule has 0 saturated carbocycles. The number of benzene rings is 1. The molecule has 0 spiro atoms. The van der Waals surface area contributed by atoms with E-state index in [-0.39, 0.29) is 5.75 Å². The SMILES string of the molecule is NNC(c1cccc(OC(F)(F)F)c1)c1ccncn1. The predicted octanol–water partition coefficient (Wildman–Crippen LogP) is 1.93. The third kappa shape index (κ3) is 3.65. The van der Waals surface area contributed by atoms with Crippen molar-refractivity contribution in [1.29, 1.82) is 0 Å². The first kappa shape index (κ1) is 14.2. The van der Waals surface area contributed by atoms with E-state index in [0.717, 1.165) is 0 Å². The number of halogens is 3. The Hall–Kier alpha value is -2.19. The largest absolute Gasteiger partial charge is 0.573 e. The number of hydrazine groups is 1. The van der Waals surface area contributed by atoms with Crippen LogP contribution < -0.4 is 16.0 Å². The maximum Gasteiger partial charge on any atom is 0.573 e. The molecule has 20 heavy (non-hydrogen) atoms. The van der Waals surface area contributed by atoms with Gasteiger partial charge in [0.2, 0.25) is 0 Å². The minimum atomic E-state index is -4.74. The fraction of sp³-hybridized carbons (Fsp3) is 0.167. The average molecular weight is 284 g/mol. The number of hydrogen-bond acceptors (Lipinski definition) is 5. The van der Waals surface area contributed by atoms with E-state index in [1.165, 1.54) is 30.7 Å². The maximum absolute atomic E-state index is 12.2. The number of aromatic nitrogens is 2. The second-order valence-electron chi connectivity index (χ2n) is 3.85. The zero-order valence-corrected chi connectivity index (χ0v) is 10.1. The van der Waals surface area contributed by atoms with Crippen molar-refractivity contribution in [3.8, 4) is 5.75 Å². The Kier molecular flexibility index (Phi) is 4.16. The number of nitrogens with zero attached hydrogens (tertiary/aromatic N) is 2. The fourth-order valence-electron chi connectivity index (χ4n) is 1.72. The molecule has 0 amide bonds. The molecule has 0 radical (unpaired) electrons. The Morgan fingerprint density at radius 2 is 2.05 bits per heavy atom. The Morgan fingerprint density at radius 3 is 2.65 bits per heavy atom. The molecule has 106 valence electrons. The van der Waals surface area contributed by atoms with Gasteiger partial charge in [-0.2, -0.15) is 0 Å². The molecule has 0 bridgehead atoms. The Morgan fingerprint density at radius 1 is 1.25 bits per heavy atom. The Bertz CT molecular complexity index is 562. The van der Waals surface area contributed by atoms with Gasteiger partial charge >= 0.3 is 6.36 Å². The fourth-order valence-corrected chi connectivity index (χ4v) is 1.72. The van der Waals surface area contributed by atoms with Gasteiger partial charge in [0.25, 0.3) is 0 Å². The maximum atomic E-state index is 12.2.